The number of hydrogen-bond acceptors (Lipinski definition) is 6. The minimum absolute atomic E-state index is 0.0643. The van der Waals surface area contributed by atoms with Crippen LogP contribution < -0.4 is 10.1 Å². The van der Waals surface area contributed by atoms with Crippen molar-refractivity contribution in [2.75, 3.05) is 5.32 Å². The van der Waals surface area contributed by atoms with Gasteiger partial charge in [-0.3, -0.25) is 9.20 Å². The molecule has 8 nitrogen and oxygen atoms in total. The summed E-state index contributed by atoms with van der Waals surface area (Å²) in [5.41, 5.74) is 3.51. The van der Waals surface area contributed by atoms with Crippen LogP contribution in [0.3, 0.4) is 0 Å². The van der Waals surface area contributed by atoms with Crippen LogP contribution in [0.2, 0.25) is 0 Å². The maximum absolute atomic E-state index is 13.0. The first-order valence-electron chi connectivity index (χ1n) is 10.8. The van der Waals surface area contributed by atoms with E-state index >= 15 is 0 Å². The zero-order chi connectivity index (χ0) is 22.2. The van der Waals surface area contributed by atoms with E-state index in [0.29, 0.717) is 34.7 Å². The standard InChI is InChI=1S/C24H25N5O3/c1-14(2)31-18-8-9-29-20(13-25-21(29)12-18)24(30)26-19-11-17(7-4-15(19)3)23-27-22(32-28-23)10-16-5-6-16/h4,7-9,11-14,16H,5-6,10H2,1-3H3,(H,26,30). The lowest BCUT2D eigenvalue weighted by atomic mass is 10.1. The molecule has 1 aliphatic carbocycles. The Labute approximate surface area is 185 Å². The normalized spacial score (nSPS) is 13.6. The Bertz CT molecular complexity index is 1290. The van der Waals surface area contributed by atoms with E-state index in [1.54, 1.807) is 16.8 Å². The van der Waals surface area contributed by atoms with Gasteiger partial charge in [-0.25, -0.2) is 4.98 Å². The molecule has 1 saturated carbocycles. The lowest BCUT2D eigenvalue weighted by Crippen LogP contribution is -2.15. The van der Waals surface area contributed by atoms with Crippen molar-refractivity contribution in [2.24, 2.45) is 5.92 Å². The Hall–Kier alpha value is -3.68. The highest BCUT2D eigenvalue weighted by molar-refractivity contribution is 6.04. The number of anilines is 1. The van der Waals surface area contributed by atoms with Gasteiger partial charge in [0.05, 0.1) is 12.3 Å². The zero-order valence-corrected chi connectivity index (χ0v) is 18.3. The van der Waals surface area contributed by atoms with E-state index in [1.807, 2.05) is 51.1 Å². The van der Waals surface area contributed by atoms with Crippen LogP contribution in [0, 0.1) is 12.8 Å². The fraction of sp³-hybridized carbons (Fsp3) is 0.333. The van der Waals surface area contributed by atoms with E-state index in [2.05, 4.69) is 20.4 Å². The molecule has 1 fully saturated rings. The SMILES string of the molecule is Cc1ccc(-c2noc(CC3CC3)n2)cc1NC(=O)c1cnc2cc(OC(C)C)ccn12. The molecule has 0 bridgehead atoms. The Kier molecular flexibility index (Phi) is 5.13. The fourth-order valence-electron chi connectivity index (χ4n) is 3.58. The number of pyridine rings is 1. The molecule has 0 unspecified atom stereocenters. The molecular weight excluding hydrogens is 406 g/mol. The molecule has 3 heterocycles. The van der Waals surface area contributed by atoms with E-state index in [1.165, 1.54) is 12.8 Å². The molecule has 1 aliphatic rings. The van der Waals surface area contributed by atoms with Gasteiger partial charge in [0, 0.05) is 29.9 Å². The monoisotopic (exact) mass is 431 g/mol. The third-order valence-corrected chi connectivity index (χ3v) is 5.46. The van der Waals surface area contributed by atoms with Crippen LogP contribution in [0.15, 0.2) is 47.2 Å². The van der Waals surface area contributed by atoms with Crippen LogP contribution >= 0.6 is 0 Å². The van der Waals surface area contributed by atoms with Crippen molar-refractivity contribution < 1.29 is 14.1 Å². The maximum Gasteiger partial charge on any atom is 0.274 e. The van der Waals surface area contributed by atoms with Crippen LogP contribution in [0.1, 0.15) is 48.6 Å². The van der Waals surface area contributed by atoms with Gasteiger partial charge in [0.1, 0.15) is 17.1 Å². The first kappa shape index (κ1) is 20.2. The number of imidazole rings is 1. The second-order valence-corrected chi connectivity index (χ2v) is 8.54. The van der Waals surface area contributed by atoms with Crippen LogP contribution in [-0.4, -0.2) is 31.5 Å². The van der Waals surface area contributed by atoms with Crippen molar-refractivity contribution in [1.82, 2.24) is 19.5 Å². The van der Waals surface area contributed by atoms with E-state index < -0.39 is 0 Å². The third-order valence-electron chi connectivity index (χ3n) is 5.46. The van der Waals surface area contributed by atoms with Crippen molar-refractivity contribution in [3.05, 3.63) is 59.9 Å². The van der Waals surface area contributed by atoms with Gasteiger partial charge in [-0.2, -0.15) is 4.98 Å². The van der Waals surface area contributed by atoms with Gasteiger partial charge in [0.25, 0.3) is 5.91 Å². The predicted molar refractivity (Wildman–Crippen MR) is 120 cm³/mol. The average molecular weight is 431 g/mol. The molecule has 1 amide bonds. The fourth-order valence-corrected chi connectivity index (χ4v) is 3.58. The molecule has 4 aromatic rings. The van der Waals surface area contributed by atoms with Gasteiger partial charge < -0.3 is 14.6 Å². The first-order chi connectivity index (χ1) is 15.5. The van der Waals surface area contributed by atoms with Gasteiger partial charge in [0.2, 0.25) is 11.7 Å². The summed E-state index contributed by atoms with van der Waals surface area (Å²) in [7, 11) is 0. The molecule has 0 aliphatic heterocycles. The topological polar surface area (TPSA) is 94.6 Å². The number of aryl methyl sites for hydroxylation is 1. The number of carbonyl (C=O) groups excluding carboxylic acids is 1. The average Bonchev–Trinajstić information content (AvgIpc) is 3.28. The summed E-state index contributed by atoms with van der Waals surface area (Å²) in [6.45, 7) is 5.87. The summed E-state index contributed by atoms with van der Waals surface area (Å²) in [5, 5.41) is 7.11. The van der Waals surface area contributed by atoms with Crippen LogP contribution in [0.4, 0.5) is 5.69 Å². The smallest absolute Gasteiger partial charge is 0.274 e. The summed E-state index contributed by atoms with van der Waals surface area (Å²) in [5.74, 6) is 2.34. The second kappa shape index (κ2) is 8.11. The third kappa shape index (κ3) is 4.21. The predicted octanol–water partition coefficient (Wildman–Crippen LogP) is 4.68. The molecular formula is C24H25N5O3. The summed E-state index contributed by atoms with van der Waals surface area (Å²) >= 11 is 0. The quantitative estimate of drug-likeness (QED) is 0.456. The number of hydrogen-bond donors (Lipinski definition) is 1. The van der Waals surface area contributed by atoms with Crippen molar-refractivity contribution in [3.63, 3.8) is 0 Å². The number of rotatable bonds is 7. The second-order valence-electron chi connectivity index (χ2n) is 8.54. The molecule has 32 heavy (non-hydrogen) atoms. The highest BCUT2D eigenvalue weighted by Crippen LogP contribution is 2.33. The molecule has 1 N–H and O–H groups in total. The summed E-state index contributed by atoms with van der Waals surface area (Å²) in [4.78, 5) is 21.9. The minimum Gasteiger partial charge on any atom is -0.491 e. The molecule has 0 atom stereocenters. The number of amides is 1. The van der Waals surface area contributed by atoms with Crippen molar-refractivity contribution >= 4 is 17.2 Å². The van der Waals surface area contributed by atoms with Gasteiger partial charge in [-0.1, -0.05) is 17.3 Å². The van der Waals surface area contributed by atoms with E-state index in [9.17, 15) is 4.79 Å². The molecule has 1 aromatic carbocycles. The number of ether oxygens (including phenoxy) is 1. The Morgan fingerprint density at radius 2 is 2.12 bits per heavy atom. The Morgan fingerprint density at radius 3 is 2.91 bits per heavy atom. The van der Waals surface area contributed by atoms with Gasteiger partial charge >= 0.3 is 0 Å². The minimum atomic E-state index is -0.252. The lowest BCUT2D eigenvalue weighted by molar-refractivity contribution is 0.102. The Morgan fingerprint density at radius 1 is 1.28 bits per heavy atom. The number of nitrogens with one attached hydrogen (secondary N) is 1. The summed E-state index contributed by atoms with van der Waals surface area (Å²) in [6.07, 6.45) is 6.71. The molecule has 5 rings (SSSR count). The van der Waals surface area contributed by atoms with E-state index in [0.717, 1.165) is 23.3 Å². The van der Waals surface area contributed by atoms with Crippen LogP contribution in [0.25, 0.3) is 17.0 Å². The number of fused-ring (bicyclic) bond motifs is 1. The van der Waals surface area contributed by atoms with Gasteiger partial charge in [-0.15, -0.1) is 0 Å². The van der Waals surface area contributed by atoms with Gasteiger partial charge in [0.15, 0.2) is 0 Å². The van der Waals surface area contributed by atoms with Crippen molar-refractivity contribution in [2.45, 2.75) is 46.1 Å². The summed E-state index contributed by atoms with van der Waals surface area (Å²) < 4.78 is 12.8. The van der Waals surface area contributed by atoms with Crippen molar-refractivity contribution in [1.29, 1.82) is 0 Å². The largest absolute Gasteiger partial charge is 0.491 e. The highest BCUT2D eigenvalue weighted by atomic mass is 16.5. The molecule has 164 valence electrons. The van der Waals surface area contributed by atoms with Crippen molar-refractivity contribution in [3.8, 4) is 17.1 Å². The Balaban J connectivity index is 1.37. The number of carbonyl (C=O) groups is 1. The maximum atomic E-state index is 13.0. The van der Waals surface area contributed by atoms with E-state index in [4.69, 9.17) is 9.26 Å². The van der Waals surface area contributed by atoms with Crippen LogP contribution in [-0.2, 0) is 6.42 Å². The van der Waals surface area contributed by atoms with Crippen LogP contribution in [0.5, 0.6) is 5.75 Å². The zero-order valence-electron chi connectivity index (χ0n) is 18.3. The molecule has 0 radical (unpaired) electrons. The number of aromatic nitrogens is 4. The highest BCUT2D eigenvalue weighted by Gasteiger charge is 2.24. The first-order valence-corrected chi connectivity index (χ1v) is 10.8. The number of benzene rings is 1. The van der Waals surface area contributed by atoms with Gasteiger partial charge in [-0.05, 0) is 57.2 Å². The lowest BCUT2D eigenvalue weighted by Gasteiger charge is -2.11. The molecule has 0 spiro atoms. The molecule has 0 saturated heterocycles. The number of nitrogens with zero attached hydrogens (tertiary/aromatic N) is 4. The molecule has 3 aromatic heterocycles. The van der Waals surface area contributed by atoms with E-state index in [-0.39, 0.29) is 12.0 Å². The summed E-state index contributed by atoms with van der Waals surface area (Å²) in [6, 6.07) is 9.38. The molecule has 8 heteroatoms.